The molecule has 4 aromatic carbocycles. The smallest absolute Gasteiger partial charge is 0.490 e. The molecule has 2 N–H and O–H groups in total. The number of piperidine rings is 1. The van der Waals surface area contributed by atoms with Crippen LogP contribution in [0, 0.1) is 0 Å². The number of anilines is 1. The number of methoxy groups -OCH3 is 1. The number of benzene rings is 4. The van der Waals surface area contributed by atoms with E-state index in [1.807, 2.05) is 73.7 Å². The zero-order valence-corrected chi connectivity index (χ0v) is 35.2. The minimum Gasteiger partial charge on any atom is -0.490 e. The van der Waals surface area contributed by atoms with E-state index in [-0.39, 0.29) is 69.6 Å². The largest absolute Gasteiger partial charge is 0.511 e. The van der Waals surface area contributed by atoms with Gasteiger partial charge >= 0.3 is 21.6 Å². The van der Waals surface area contributed by atoms with Crippen LogP contribution in [0.3, 0.4) is 0 Å². The number of nitrogens with zero attached hydrogens (tertiary/aromatic N) is 2. The van der Waals surface area contributed by atoms with E-state index in [1.54, 1.807) is 37.4 Å². The fourth-order valence-corrected chi connectivity index (χ4v) is 8.07. The highest BCUT2D eigenvalue weighted by Crippen LogP contribution is 2.38. The molecule has 60 heavy (non-hydrogen) atoms. The summed E-state index contributed by atoms with van der Waals surface area (Å²) in [7, 11) is -3.83. The Hall–Kier alpha value is -4.80. The summed E-state index contributed by atoms with van der Waals surface area (Å²) in [4.78, 5) is 16.9. The van der Waals surface area contributed by atoms with Gasteiger partial charge in [0.25, 0.3) is 0 Å². The van der Waals surface area contributed by atoms with E-state index in [9.17, 15) is 26.4 Å². The lowest BCUT2D eigenvalue weighted by Crippen LogP contribution is -2.47. The topological polar surface area (TPSA) is 128 Å². The number of halogens is 5. The Balaban J connectivity index is 1.18. The molecule has 1 atom stereocenters. The number of nitrogens with one attached hydrogen (secondary N) is 2. The molecule has 1 saturated heterocycles. The van der Waals surface area contributed by atoms with Crippen LogP contribution in [0.2, 0.25) is 10.0 Å². The van der Waals surface area contributed by atoms with Gasteiger partial charge in [0, 0.05) is 72.0 Å². The van der Waals surface area contributed by atoms with Gasteiger partial charge in [0.05, 0.1) is 5.52 Å². The zero-order chi connectivity index (χ0) is 42.9. The number of hydrogen-bond donors (Lipinski definition) is 2. The summed E-state index contributed by atoms with van der Waals surface area (Å²) in [5.41, 5.74) is -0.476. The molecule has 5 aromatic rings. The molecule has 0 radical (unpaired) electrons. The molecular weight excluding hydrogens is 844 g/mol. The van der Waals surface area contributed by atoms with Gasteiger partial charge in [-0.05, 0) is 97.0 Å². The van der Waals surface area contributed by atoms with Crippen LogP contribution in [0.15, 0.2) is 97.1 Å². The molecule has 6 rings (SSSR count). The first-order valence-corrected chi connectivity index (χ1v) is 21.4. The molecule has 0 saturated carbocycles. The highest BCUT2D eigenvalue weighted by atomic mass is 35.5. The van der Waals surface area contributed by atoms with E-state index in [0.29, 0.717) is 44.3 Å². The average molecular weight is 890 g/mol. The number of carbonyl (C=O) groups is 1. The molecule has 320 valence electrons. The van der Waals surface area contributed by atoms with Crippen molar-refractivity contribution in [3.05, 3.63) is 129 Å². The quantitative estimate of drug-likeness (QED) is 0.0693. The summed E-state index contributed by atoms with van der Waals surface area (Å²) in [6, 6.07) is 29.4. The Morgan fingerprint density at radius 2 is 1.45 bits per heavy atom. The SMILES string of the molecule is COCCC(C)NC(=O)OCc1ccc(OCCOc2cc(NC3CCN(S(=O)(=O)C(F)(F)F)CC3)c3cc(C(c4ccc(Cl)cc4)c4ccc(Cl)cc4)ccc3n2)cc1. The van der Waals surface area contributed by atoms with Gasteiger partial charge in [0.1, 0.15) is 25.6 Å². The molecule has 1 aromatic heterocycles. The van der Waals surface area contributed by atoms with Crippen LogP contribution >= 0.6 is 23.2 Å². The van der Waals surface area contributed by atoms with E-state index in [1.165, 1.54) is 0 Å². The monoisotopic (exact) mass is 888 g/mol. The number of amides is 1. The average Bonchev–Trinajstić information content (AvgIpc) is 3.22. The predicted molar refractivity (Wildman–Crippen MR) is 225 cm³/mol. The Kier molecular flexibility index (Phi) is 15.0. The minimum atomic E-state index is -5.43. The number of aromatic nitrogens is 1. The van der Waals surface area contributed by atoms with Crippen molar-refractivity contribution in [2.24, 2.45) is 0 Å². The first-order valence-electron chi connectivity index (χ1n) is 19.3. The lowest BCUT2D eigenvalue weighted by molar-refractivity contribution is -0.0494. The maximum Gasteiger partial charge on any atom is 0.511 e. The zero-order valence-electron chi connectivity index (χ0n) is 32.9. The van der Waals surface area contributed by atoms with Gasteiger partial charge in [-0.15, -0.1) is 0 Å². The molecule has 1 aliphatic rings. The molecule has 11 nitrogen and oxygen atoms in total. The Morgan fingerprint density at radius 3 is 2.05 bits per heavy atom. The molecular formula is C43H45Cl2F3N4O7S. The maximum atomic E-state index is 13.3. The van der Waals surface area contributed by atoms with Gasteiger partial charge < -0.3 is 29.6 Å². The van der Waals surface area contributed by atoms with Crippen LogP contribution in [0.5, 0.6) is 11.6 Å². The van der Waals surface area contributed by atoms with Crippen LogP contribution in [-0.2, 0) is 26.1 Å². The third-order valence-corrected chi connectivity index (χ3v) is 12.1. The number of pyridine rings is 1. The molecule has 1 unspecified atom stereocenters. The second kappa shape index (κ2) is 20.2. The normalized spacial score (nSPS) is 14.5. The Labute approximate surface area is 357 Å². The maximum absolute atomic E-state index is 13.3. The van der Waals surface area contributed by atoms with E-state index in [4.69, 9.17) is 47.1 Å². The summed E-state index contributed by atoms with van der Waals surface area (Å²) in [5, 5.41) is 8.15. The molecule has 1 aliphatic heterocycles. The number of alkyl halides is 3. The van der Waals surface area contributed by atoms with Crippen molar-refractivity contribution >= 4 is 55.9 Å². The lowest BCUT2D eigenvalue weighted by atomic mass is 9.84. The van der Waals surface area contributed by atoms with Gasteiger partial charge in [0.15, 0.2) is 0 Å². The first-order chi connectivity index (χ1) is 28.7. The first kappa shape index (κ1) is 44.7. The fourth-order valence-electron chi connectivity index (χ4n) is 6.83. The number of alkyl carbamates (subject to hydrolysis) is 1. The number of hydrogen-bond acceptors (Lipinski definition) is 9. The van der Waals surface area contributed by atoms with Crippen molar-refractivity contribution in [2.75, 3.05) is 45.3 Å². The van der Waals surface area contributed by atoms with Crippen molar-refractivity contribution in [3.8, 4) is 11.6 Å². The molecule has 0 bridgehead atoms. The Morgan fingerprint density at radius 1 is 0.850 bits per heavy atom. The number of ether oxygens (including phenoxy) is 4. The molecule has 0 spiro atoms. The van der Waals surface area contributed by atoms with Crippen molar-refractivity contribution < 1.29 is 45.3 Å². The lowest BCUT2D eigenvalue weighted by Gasteiger charge is -2.32. The van der Waals surface area contributed by atoms with Crippen molar-refractivity contribution in [3.63, 3.8) is 0 Å². The van der Waals surface area contributed by atoms with Crippen LogP contribution in [0.4, 0.5) is 23.7 Å². The van der Waals surface area contributed by atoms with Crippen molar-refractivity contribution in [1.29, 1.82) is 0 Å². The van der Waals surface area contributed by atoms with Crippen LogP contribution in [-0.4, -0.2) is 81.4 Å². The highest BCUT2D eigenvalue weighted by Gasteiger charge is 2.50. The fraction of sp³-hybridized carbons (Fsp3) is 0.349. The van der Waals surface area contributed by atoms with Gasteiger partial charge in [-0.3, -0.25) is 0 Å². The summed E-state index contributed by atoms with van der Waals surface area (Å²) < 4.78 is 86.9. The van der Waals surface area contributed by atoms with Crippen molar-refractivity contribution in [2.45, 2.75) is 56.3 Å². The number of rotatable bonds is 17. The third kappa shape index (κ3) is 11.7. The molecule has 2 heterocycles. The summed E-state index contributed by atoms with van der Waals surface area (Å²) in [6.45, 7) is 2.22. The summed E-state index contributed by atoms with van der Waals surface area (Å²) in [5.74, 6) is 0.644. The number of fused-ring (bicyclic) bond motifs is 1. The molecule has 17 heteroatoms. The second-order valence-electron chi connectivity index (χ2n) is 14.3. The third-order valence-electron chi connectivity index (χ3n) is 10.0. The predicted octanol–water partition coefficient (Wildman–Crippen LogP) is 9.56. The Bertz CT molecular complexity index is 2270. The van der Waals surface area contributed by atoms with Gasteiger partial charge in [-0.1, -0.05) is 65.7 Å². The van der Waals surface area contributed by atoms with Crippen LogP contribution in [0.1, 0.15) is 54.4 Å². The standard InChI is InChI=1S/C43H45Cl2F3N4O7S/c1-28(19-22-56-2)49-42(53)59-27-29-3-14-36(15-4-29)57-23-24-58-40-26-39(50-35-17-20-52(21-18-35)60(54,55)43(46,47)48)37-25-32(9-16-38(37)51-40)41(30-5-10-33(44)11-6-30)31-7-12-34(45)13-8-31/h3-16,25-26,28,35,41H,17-24,27H2,1-2H3,(H,49,53)(H,50,51). The number of sulfonamides is 1. The van der Waals surface area contributed by atoms with E-state index in [2.05, 4.69) is 10.6 Å². The van der Waals surface area contributed by atoms with Gasteiger partial charge in [-0.2, -0.15) is 17.5 Å². The summed E-state index contributed by atoms with van der Waals surface area (Å²) in [6.07, 6.45) is 0.445. The van der Waals surface area contributed by atoms with Crippen molar-refractivity contribution in [1.82, 2.24) is 14.6 Å². The second-order valence-corrected chi connectivity index (χ2v) is 17.1. The highest BCUT2D eigenvalue weighted by molar-refractivity contribution is 7.90. The van der Waals surface area contributed by atoms with E-state index < -0.39 is 21.6 Å². The van der Waals surface area contributed by atoms with E-state index in [0.717, 1.165) is 27.6 Å². The molecule has 1 fully saturated rings. The molecule has 0 aliphatic carbocycles. The number of carbonyl (C=O) groups excluding carboxylic acids is 1. The van der Waals surface area contributed by atoms with Crippen LogP contribution in [0.25, 0.3) is 10.9 Å². The van der Waals surface area contributed by atoms with Gasteiger partial charge in [-0.25, -0.2) is 18.2 Å². The van der Waals surface area contributed by atoms with Gasteiger partial charge in [0.2, 0.25) is 5.88 Å². The van der Waals surface area contributed by atoms with E-state index >= 15 is 0 Å². The minimum absolute atomic E-state index is 0.0867. The molecule has 1 amide bonds. The van der Waals surface area contributed by atoms with Crippen LogP contribution < -0.4 is 20.1 Å². The summed E-state index contributed by atoms with van der Waals surface area (Å²) >= 11 is 12.5.